The Balaban J connectivity index is 2.14. The standard InChI is InChI=1S/C13H14N2O/c1-10(9-14)8-13(16)15-7-6-11-4-2-3-5-12(11)15/h2-5,10H,6-8H2,1H3. The minimum Gasteiger partial charge on any atom is -0.312 e. The number of carbonyl (C=O) groups is 1. The lowest BCUT2D eigenvalue weighted by Crippen LogP contribution is -2.29. The molecule has 3 nitrogen and oxygen atoms in total. The van der Waals surface area contributed by atoms with Crippen LogP contribution in [0.4, 0.5) is 5.69 Å². The molecule has 1 aliphatic heterocycles. The van der Waals surface area contributed by atoms with Crippen LogP contribution in [0.1, 0.15) is 18.9 Å². The van der Waals surface area contributed by atoms with Crippen molar-refractivity contribution in [3.63, 3.8) is 0 Å². The summed E-state index contributed by atoms with van der Waals surface area (Å²) >= 11 is 0. The van der Waals surface area contributed by atoms with Crippen LogP contribution in [0.15, 0.2) is 24.3 Å². The normalized spacial score (nSPS) is 15.4. The van der Waals surface area contributed by atoms with Crippen LogP contribution in [-0.2, 0) is 11.2 Å². The molecule has 1 amide bonds. The summed E-state index contributed by atoms with van der Waals surface area (Å²) in [4.78, 5) is 13.7. The summed E-state index contributed by atoms with van der Waals surface area (Å²) in [7, 11) is 0. The molecule has 0 bridgehead atoms. The number of anilines is 1. The van der Waals surface area contributed by atoms with Crippen molar-refractivity contribution in [3.05, 3.63) is 29.8 Å². The molecule has 1 aromatic carbocycles. The molecule has 1 atom stereocenters. The van der Waals surface area contributed by atoms with E-state index < -0.39 is 0 Å². The lowest BCUT2D eigenvalue weighted by molar-refractivity contribution is -0.119. The van der Waals surface area contributed by atoms with Crippen LogP contribution in [0, 0.1) is 17.2 Å². The molecular formula is C13H14N2O. The Morgan fingerprint density at radius 2 is 2.31 bits per heavy atom. The first-order valence-electron chi connectivity index (χ1n) is 5.50. The van der Waals surface area contributed by atoms with Gasteiger partial charge in [-0.3, -0.25) is 4.79 Å². The van der Waals surface area contributed by atoms with Gasteiger partial charge in [0.1, 0.15) is 0 Å². The smallest absolute Gasteiger partial charge is 0.228 e. The third-order valence-corrected chi connectivity index (χ3v) is 2.89. The van der Waals surface area contributed by atoms with Crippen molar-refractivity contribution in [1.29, 1.82) is 5.26 Å². The maximum absolute atomic E-state index is 12.0. The van der Waals surface area contributed by atoms with E-state index in [0.29, 0.717) is 6.42 Å². The number of nitriles is 1. The van der Waals surface area contributed by atoms with E-state index in [1.165, 1.54) is 5.56 Å². The molecule has 1 aromatic rings. The Hall–Kier alpha value is -1.82. The Bertz CT molecular complexity index is 447. The molecule has 2 rings (SSSR count). The number of rotatable bonds is 2. The number of hydrogen-bond donors (Lipinski definition) is 0. The van der Waals surface area contributed by atoms with E-state index in [4.69, 9.17) is 5.26 Å². The highest BCUT2D eigenvalue weighted by Crippen LogP contribution is 2.28. The average Bonchev–Trinajstić information content (AvgIpc) is 2.72. The Morgan fingerprint density at radius 1 is 1.56 bits per heavy atom. The summed E-state index contributed by atoms with van der Waals surface area (Å²) in [5, 5.41) is 8.70. The summed E-state index contributed by atoms with van der Waals surface area (Å²) < 4.78 is 0. The Kier molecular flexibility index (Phi) is 2.91. The second-order valence-corrected chi connectivity index (χ2v) is 4.16. The molecule has 1 unspecified atom stereocenters. The molecular weight excluding hydrogens is 200 g/mol. The van der Waals surface area contributed by atoms with Gasteiger partial charge in [0.2, 0.25) is 5.91 Å². The molecule has 0 fully saturated rings. The summed E-state index contributed by atoms with van der Waals surface area (Å²) in [6, 6.07) is 10.1. The first kappa shape index (κ1) is 10.7. The van der Waals surface area contributed by atoms with Gasteiger partial charge in [-0.25, -0.2) is 0 Å². The number of benzene rings is 1. The number of amides is 1. The van der Waals surface area contributed by atoms with E-state index in [1.54, 1.807) is 11.8 Å². The summed E-state index contributed by atoms with van der Waals surface area (Å²) in [6.45, 7) is 2.52. The van der Waals surface area contributed by atoms with Crippen LogP contribution in [0.2, 0.25) is 0 Å². The number of nitrogens with zero attached hydrogens (tertiary/aromatic N) is 2. The fraction of sp³-hybridized carbons (Fsp3) is 0.385. The second kappa shape index (κ2) is 4.36. The van der Waals surface area contributed by atoms with Crippen molar-refractivity contribution < 1.29 is 4.79 Å². The number of para-hydroxylation sites is 1. The average molecular weight is 214 g/mol. The fourth-order valence-electron chi connectivity index (χ4n) is 2.02. The van der Waals surface area contributed by atoms with Gasteiger partial charge in [-0.1, -0.05) is 18.2 Å². The quantitative estimate of drug-likeness (QED) is 0.757. The van der Waals surface area contributed by atoms with Gasteiger partial charge < -0.3 is 4.90 Å². The van der Waals surface area contributed by atoms with Gasteiger partial charge in [0, 0.05) is 18.7 Å². The largest absolute Gasteiger partial charge is 0.312 e. The van der Waals surface area contributed by atoms with Crippen LogP contribution in [0.5, 0.6) is 0 Å². The number of fused-ring (bicyclic) bond motifs is 1. The Morgan fingerprint density at radius 3 is 3.06 bits per heavy atom. The summed E-state index contributed by atoms with van der Waals surface area (Å²) in [5.41, 5.74) is 2.23. The predicted molar refractivity (Wildman–Crippen MR) is 61.9 cm³/mol. The maximum atomic E-state index is 12.0. The predicted octanol–water partition coefficient (Wildman–Crippen LogP) is 2.13. The van der Waals surface area contributed by atoms with Gasteiger partial charge in [0.15, 0.2) is 0 Å². The SMILES string of the molecule is CC(C#N)CC(=O)N1CCc2ccccc21. The zero-order valence-electron chi connectivity index (χ0n) is 9.31. The molecule has 1 aliphatic rings. The molecule has 0 N–H and O–H groups in total. The fourth-order valence-corrected chi connectivity index (χ4v) is 2.02. The Labute approximate surface area is 95.3 Å². The third-order valence-electron chi connectivity index (χ3n) is 2.89. The lowest BCUT2D eigenvalue weighted by Gasteiger charge is -2.17. The summed E-state index contributed by atoms with van der Waals surface area (Å²) in [5.74, 6) is -0.153. The molecule has 0 spiro atoms. The van der Waals surface area contributed by atoms with E-state index in [-0.39, 0.29) is 11.8 Å². The van der Waals surface area contributed by atoms with Crippen LogP contribution < -0.4 is 4.90 Å². The van der Waals surface area contributed by atoms with Crippen LogP contribution >= 0.6 is 0 Å². The molecule has 0 radical (unpaired) electrons. The van der Waals surface area contributed by atoms with E-state index >= 15 is 0 Å². The molecule has 82 valence electrons. The van der Waals surface area contributed by atoms with Crippen molar-refractivity contribution in [1.82, 2.24) is 0 Å². The van der Waals surface area contributed by atoms with Gasteiger partial charge in [0.25, 0.3) is 0 Å². The van der Waals surface area contributed by atoms with Crippen LogP contribution in [-0.4, -0.2) is 12.5 Å². The van der Waals surface area contributed by atoms with Gasteiger partial charge >= 0.3 is 0 Å². The van der Waals surface area contributed by atoms with Crippen molar-refractivity contribution >= 4 is 11.6 Å². The van der Waals surface area contributed by atoms with Gasteiger partial charge in [0.05, 0.1) is 12.0 Å². The highest BCUT2D eigenvalue weighted by atomic mass is 16.2. The minimum atomic E-state index is -0.208. The highest BCUT2D eigenvalue weighted by Gasteiger charge is 2.24. The minimum absolute atomic E-state index is 0.0546. The van der Waals surface area contributed by atoms with Crippen molar-refractivity contribution in [2.75, 3.05) is 11.4 Å². The monoisotopic (exact) mass is 214 g/mol. The zero-order valence-corrected chi connectivity index (χ0v) is 9.31. The first-order valence-corrected chi connectivity index (χ1v) is 5.50. The van der Waals surface area contributed by atoms with Gasteiger partial charge in [-0.15, -0.1) is 0 Å². The number of hydrogen-bond acceptors (Lipinski definition) is 2. The lowest BCUT2D eigenvalue weighted by atomic mass is 10.1. The van der Waals surface area contributed by atoms with E-state index in [0.717, 1.165) is 18.7 Å². The summed E-state index contributed by atoms with van der Waals surface area (Å²) in [6.07, 6.45) is 1.23. The highest BCUT2D eigenvalue weighted by molar-refractivity contribution is 5.95. The number of carbonyl (C=O) groups excluding carboxylic acids is 1. The first-order chi connectivity index (χ1) is 7.72. The van der Waals surface area contributed by atoms with Gasteiger partial charge in [-0.05, 0) is 25.0 Å². The molecule has 0 saturated heterocycles. The van der Waals surface area contributed by atoms with Gasteiger partial charge in [-0.2, -0.15) is 5.26 Å². The molecule has 16 heavy (non-hydrogen) atoms. The van der Waals surface area contributed by atoms with Crippen molar-refractivity contribution in [3.8, 4) is 6.07 Å². The van der Waals surface area contributed by atoms with Crippen LogP contribution in [0.25, 0.3) is 0 Å². The zero-order chi connectivity index (χ0) is 11.5. The van der Waals surface area contributed by atoms with Crippen LogP contribution in [0.3, 0.4) is 0 Å². The molecule has 3 heteroatoms. The molecule has 0 aliphatic carbocycles. The van der Waals surface area contributed by atoms with Crippen molar-refractivity contribution in [2.45, 2.75) is 19.8 Å². The van der Waals surface area contributed by atoms with E-state index in [2.05, 4.69) is 12.1 Å². The topological polar surface area (TPSA) is 44.1 Å². The van der Waals surface area contributed by atoms with E-state index in [1.807, 2.05) is 18.2 Å². The van der Waals surface area contributed by atoms with Crippen molar-refractivity contribution in [2.24, 2.45) is 5.92 Å². The molecule has 0 saturated carbocycles. The third kappa shape index (κ3) is 1.92. The van der Waals surface area contributed by atoms with E-state index in [9.17, 15) is 4.79 Å². The second-order valence-electron chi connectivity index (χ2n) is 4.16. The molecule has 1 heterocycles. The molecule has 0 aromatic heterocycles. The maximum Gasteiger partial charge on any atom is 0.228 e.